The number of ether oxygens (including phenoxy) is 1. The molecule has 0 aromatic rings. The molecule has 1 amide bonds. The van der Waals surface area contributed by atoms with E-state index < -0.39 is 5.72 Å². The van der Waals surface area contributed by atoms with Gasteiger partial charge in [0.05, 0.1) is 13.0 Å². The quantitative estimate of drug-likeness (QED) is 0.722. The van der Waals surface area contributed by atoms with Crippen molar-refractivity contribution in [3.8, 4) is 0 Å². The van der Waals surface area contributed by atoms with Crippen LogP contribution in [-0.2, 0) is 14.3 Å². The Morgan fingerprint density at radius 2 is 1.79 bits per heavy atom. The molecule has 4 nitrogen and oxygen atoms in total. The van der Waals surface area contributed by atoms with Gasteiger partial charge in [0.25, 0.3) is 0 Å². The van der Waals surface area contributed by atoms with E-state index in [-0.39, 0.29) is 23.5 Å². The summed E-state index contributed by atoms with van der Waals surface area (Å²) in [6, 6.07) is 0. The number of rotatable bonds is 2. The standard InChI is InChI=1S/C15H25NO3/c1-12(17)9-13(18)16-10-14(2,3)11-19-15(16)7-5-4-6-8-15/h4-11H2,1-3H3. The number of carbonyl (C=O) groups is 2. The maximum atomic E-state index is 12.4. The van der Waals surface area contributed by atoms with Gasteiger partial charge in [-0.1, -0.05) is 20.3 Å². The van der Waals surface area contributed by atoms with E-state index >= 15 is 0 Å². The summed E-state index contributed by atoms with van der Waals surface area (Å²) in [6.45, 7) is 7.07. The number of amides is 1. The number of carbonyl (C=O) groups excluding carboxylic acids is 2. The third-order valence-electron chi connectivity index (χ3n) is 4.15. The van der Waals surface area contributed by atoms with Crippen LogP contribution in [0.1, 0.15) is 59.3 Å². The molecular formula is C15H25NO3. The van der Waals surface area contributed by atoms with E-state index in [0.717, 1.165) is 25.7 Å². The molecule has 1 aliphatic carbocycles. The second-order valence-electron chi connectivity index (χ2n) is 6.82. The minimum absolute atomic E-state index is 0.00118. The van der Waals surface area contributed by atoms with Gasteiger partial charge in [0, 0.05) is 12.0 Å². The fourth-order valence-electron chi connectivity index (χ4n) is 3.17. The lowest BCUT2D eigenvalue weighted by Gasteiger charge is -2.53. The van der Waals surface area contributed by atoms with Crippen LogP contribution in [0.15, 0.2) is 0 Å². The van der Waals surface area contributed by atoms with Crippen LogP contribution in [0.5, 0.6) is 0 Å². The first-order valence-electron chi connectivity index (χ1n) is 7.29. The zero-order chi connectivity index (χ0) is 14.1. The van der Waals surface area contributed by atoms with Gasteiger partial charge in [-0.3, -0.25) is 9.59 Å². The predicted molar refractivity (Wildman–Crippen MR) is 72.6 cm³/mol. The molecule has 2 aliphatic rings. The summed E-state index contributed by atoms with van der Waals surface area (Å²) >= 11 is 0. The SMILES string of the molecule is CC(=O)CC(=O)N1CC(C)(C)COC12CCCCC2. The molecule has 1 heterocycles. The van der Waals surface area contributed by atoms with Crippen molar-refractivity contribution in [3.05, 3.63) is 0 Å². The van der Waals surface area contributed by atoms with Gasteiger partial charge in [0.2, 0.25) is 5.91 Å². The van der Waals surface area contributed by atoms with Crippen molar-refractivity contribution in [1.29, 1.82) is 0 Å². The summed E-state index contributed by atoms with van der Waals surface area (Å²) in [6.07, 6.45) is 5.23. The summed E-state index contributed by atoms with van der Waals surface area (Å²) in [7, 11) is 0. The highest BCUT2D eigenvalue weighted by Crippen LogP contribution is 2.41. The molecule has 108 valence electrons. The number of nitrogens with zero attached hydrogens (tertiary/aromatic N) is 1. The molecule has 0 aromatic carbocycles. The van der Waals surface area contributed by atoms with Gasteiger partial charge in [0.15, 0.2) is 0 Å². The molecule has 1 aliphatic heterocycles. The minimum Gasteiger partial charge on any atom is -0.355 e. The lowest BCUT2D eigenvalue weighted by Crippen LogP contribution is -2.62. The number of hydrogen-bond donors (Lipinski definition) is 0. The molecular weight excluding hydrogens is 242 g/mol. The Hall–Kier alpha value is -0.900. The van der Waals surface area contributed by atoms with E-state index in [0.29, 0.717) is 13.2 Å². The van der Waals surface area contributed by atoms with Crippen molar-refractivity contribution in [2.24, 2.45) is 5.41 Å². The first-order chi connectivity index (χ1) is 8.85. The Balaban J connectivity index is 2.20. The maximum Gasteiger partial charge on any atom is 0.232 e. The highest BCUT2D eigenvalue weighted by molar-refractivity contribution is 5.97. The molecule has 0 N–H and O–H groups in total. The monoisotopic (exact) mass is 267 g/mol. The second kappa shape index (κ2) is 5.23. The Kier molecular flexibility index (Phi) is 4.00. The van der Waals surface area contributed by atoms with Gasteiger partial charge < -0.3 is 9.64 Å². The third kappa shape index (κ3) is 3.16. The maximum absolute atomic E-state index is 12.4. The lowest BCUT2D eigenvalue weighted by atomic mass is 9.83. The zero-order valence-electron chi connectivity index (χ0n) is 12.3. The molecule has 0 atom stereocenters. The molecule has 1 saturated carbocycles. The van der Waals surface area contributed by atoms with E-state index in [9.17, 15) is 9.59 Å². The average Bonchev–Trinajstić information content (AvgIpc) is 2.33. The zero-order valence-corrected chi connectivity index (χ0v) is 12.3. The first kappa shape index (κ1) is 14.5. The highest BCUT2D eigenvalue weighted by Gasteiger charge is 2.47. The van der Waals surface area contributed by atoms with E-state index in [1.807, 2.05) is 4.90 Å². The van der Waals surface area contributed by atoms with Crippen LogP contribution in [0, 0.1) is 5.41 Å². The van der Waals surface area contributed by atoms with Gasteiger partial charge in [-0.25, -0.2) is 0 Å². The van der Waals surface area contributed by atoms with Gasteiger partial charge in [-0.15, -0.1) is 0 Å². The molecule has 4 heteroatoms. The van der Waals surface area contributed by atoms with Crippen molar-refractivity contribution in [1.82, 2.24) is 4.90 Å². The molecule has 0 bridgehead atoms. The van der Waals surface area contributed by atoms with Crippen LogP contribution in [0.25, 0.3) is 0 Å². The summed E-state index contributed by atoms with van der Waals surface area (Å²) in [5, 5.41) is 0. The largest absolute Gasteiger partial charge is 0.355 e. The van der Waals surface area contributed by atoms with E-state index in [4.69, 9.17) is 4.74 Å². The Labute approximate surface area is 115 Å². The predicted octanol–water partition coefficient (Wildman–Crippen LogP) is 2.51. The number of hydrogen-bond acceptors (Lipinski definition) is 3. The smallest absolute Gasteiger partial charge is 0.232 e. The van der Waals surface area contributed by atoms with Gasteiger partial charge >= 0.3 is 0 Å². The second-order valence-corrected chi connectivity index (χ2v) is 6.82. The topological polar surface area (TPSA) is 46.6 Å². The number of ketones is 1. The molecule has 0 unspecified atom stereocenters. The van der Waals surface area contributed by atoms with Gasteiger partial charge in [-0.2, -0.15) is 0 Å². The molecule has 0 aromatic heterocycles. The van der Waals surface area contributed by atoms with Crippen molar-refractivity contribution < 1.29 is 14.3 Å². The highest BCUT2D eigenvalue weighted by atomic mass is 16.5. The number of Topliss-reactive ketones (excluding diaryl/α,β-unsaturated/α-hetero) is 1. The van der Waals surface area contributed by atoms with E-state index in [1.54, 1.807) is 0 Å². The molecule has 2 fully saturated rings. The summed E-state index contributed by atoms with van der Waals surface area (Å²) in [4.78, 5) is 25.5. The Morgan fingerprint density at radius 3 is 2.37 bits per heavy atom. The van der Waals surface area contributed by atoms with Gasteiger partial charge in [0.1, 0.15) is 11.5 Å². The van der Waals surface area contributed by atoms with Crippen LogP contribution in [-0.4, -0.2) is 35.5 Å². The molecule has 1 saturated heterocycles. The summed E-state index contributed by atoms with van der Waals surface area (Å²) < 4.78 is 6.13. The summed E-state index contributed by atoms with van der Waals surface area (Å²) in [5.74, 6) is -0.137. The van der Waals surface area contributed by atoms with Crippen LogP contribution in [0.2, 0.25) is 0 Å². The fraction of sp³-hybridized carbons (Fsp3) is 0.867. The Morgan fingerprint density at radius 1 is 1.16 bits per heavy atom. The molecule has 2 rings (SSSR count). The fourth-order valence-corrected chi connectivity index (χ4v) is 3.17. The Bertz CT molecular complexity index is 370. The van der Waals surface area contributed by atoms with Crippen molar-refractivity contribution in [3.63, 3.8) is 0 Å². The summed E-state index contributed by atoms with van der Waals surface area (Å²) in [5.41, 5.74) is -0.463. The molecule has 19 heavy (non-hydrogen) atoms. The van der Waals surface area contributed by atoms with Crippen molar-refractivity contribution in [2.45, 2.75) is 65.0 Å². The van der Waals surface area contributed by atoms with Crippen LogP contribution >= 0.6 is 0 Å². The van der Waals surface area contributed by atoms with Crippen LogP contribution in [0.4, 0.5) is 0 Å². The molecule has 0 radical (unpaired) electrons. The van der Waals surface area contributed by atoms with Crippen molar-refractivity contribution in [2.75, 3.05) is 13.2 Å². The minimum atomic E-state index is -0.430. The van der Waals surface area contributed by atoms with Gasteiger partial charge in [-0.05, 0) is 32.6 Å². The van der Waals surface area contributed by atoms with E-state index in [2.05, 4.69) is 13.8 Å². The molecule has 1 spiro atoms. The normalized spacial score (nSPS) is 25.3. The third-order valence-corrected chi connectivity index (χ3v) is 4.15. The first-order valence-corrected chi connectivity index (χ1v) is 7.29. The van der Waals surface area contributed by atoms with Crippen LogP contribution < -0.4 is 0 Å². The van der Waals surface area contributed by atoms with E-state index in [1.165, 1.54) is 13.3 Å². The average molecular weight is 267 g/mol. The lowest BCUT2D eigenvalue weighted by molar-refractivity contribution is -0.232. The van der Waals surface area contributed by atoms with Crippen LogP contribution in [0.3, 0.4) is 0 Å². The van der Waals surface area contributed by atoms with Crippen molar-refractivity contribution >= 4 is 11.7 Å².